The minimum Gasteiger partial charge on any atom is -0.462 e. The molecule has 1 spiro atoms. The van der Waals surface area contributed by atoms with E-state index in [1.807, 2.05) is 18.2 Å². The highest BCUT2D eigenvalue weighted by molar-refractivity contribution is 6.26. The monoisotopic (exact) mass is 473 g/mol. The maximum Gasteiger partial charge on any atom is 0.338 e. The summed E-state index contributed by atoms with van der Waals surface area (Å²) in [5.41, 5.74) is 2.19. The number of carbonyl (C=O) groups is 4. The second-order valence-corrected chi connectivity index (χ2v) is 9.64. The van der Waals surface area contributed by atoms with Crippen molar-refractivity contribution in [2.45, 2.75) is 44.7 Å². The summed E-state index contributed by atoms with van der Waals surface area (Å²) in [5, 5.41) is 3.01. The number of carbonyl (C=O) groups excluding carboxylic acids is 4. The molecule has 8 heteroatoms. The van der Waals surface area contributed by atoms with Crippen LogP contribution in [0.25, 0.3) is 0 Å². The van der Waals surface area contributed by atoms with Crippen LogP contribution in [0.1, 0.15) is 48.2 Å². The van der Waals surface area contributed by atoms with E-state index >= 15 is 0 Å². The first-order valence-corrected chi connectivity index (χ1v) is 12.3. The number of nitrogens with one attached hydrogen (secondary N) is 1. The number of fused-ring (bicyclic) bond motifs is 7. The Balaban J connectivity index is 1.45. The first-order valence-electron chi connectivity index (χ1n) is 12.3. The van der Waals surface area contributed by atoms with Gasteiger partial charge in [-0.25, -0.2) is 9.69 Å². The zero-order valence-electron chi connectivity index (χ0n) is 19.7. The number of hydrogen-bond acceptors (Lipinski definition) is 6. The molecule has 0 bridgehead atoms. The number of imide groups is 1. The smallest absolute Gasteiger partial charge is 0.338 e. The molecular formula is C27H27N3O5. The molecule has 3 fully saturated rings. The van der Waals surface area contributed by atoms with Crippen LogP contribution in [0.3, 0.4) is 0 Å². The van der Waals surface area contributed by atoms with Gasteiger partial charge in [0, 0.05) is 17.3 Å². The van der Waals surface area contributed by atoms with Gasteiger partial charge >= 0.3 is 5.97 Å². The van der Waals surface area contributed by atoms with Gasteiger partial charge < -0.3 is 10.1 Å². The molecule has 35 heavy (non-hydrogen) atoms. The minimum absolute atomic E-state index is 0.165. The Labute approximate surface area is 203 Å². The summed E-state index contributed by atoms with van der Waals surface area (Å²) in [7, 11) is 0. The van der Waals surface area contributed by atoms with Crippen LogP contribution in [0.5, 0.6) is 0 Å². The summed E-state index contributed by atoms with van der Waals surface area (Å²) in [6.07, 6.45) is 2.45. The number of anilines is 2. The third kappa shape index (κ3) is 2.77. The standard InChI is InChI=1S/C27H27N3O5/c1-3-15-7-12-19-18(14-15)27(26(34)28-19)22-21(20-6-5-13-29(20)27)23(31)30(24(22)32)17-10-8-16(9-11-17)25(33)35-4-2/h7-12,14,20-22H,3-6,13H2,1-2H3,(H,28,34)/t20-,21+,22-,27+/m0/s1. The second-order valence-electron chi connectivity index (χ2n) is 9.64. The van der Waals surface area contributed by atoms with E-state index in [9.17, 15) is 19.2 Å². The van der Waals surface area contributed by atoms with E-state index in [2.05, 4.69) is 17.1 Å². The Bertz CT molecular complexity index is 1270. The molecule has 2 aromatic rings. The highest BCUT2D eigenvalue weighted by Crippen LogP contribution is 2.60. The molecule has 180 valence electrons. The topological polar surface area (TPSA) is 96.0 Å². The predicted octanol–water partition coefficient (Wildman–Crippen LogP) is 2.86. The van der Waals surface area contributed by atoms with Crippen molar-refractivity contribution in [3.8, 4) is 0 Å². The van der Waals surface area contributed by atoms with Gasteiger partial charge in [-0.1, -0.05) is 19.1 Å². The molecule has 0 aromatic heterocycles. The number of nitrogens with zero attached hydrogens (tertiary/aromatic N) is 2. The van der Waals surface area contributed by atoms with E-state index in [1.165, 1.54) is 4.90 Å². The van der Waals surface area contributed by atoms with Gasteiger partial charge in [0.2, 0.25) is 17.7 Å². The number of esters is 1. The Hall–Kier alpha value is -3.52. The summed E-state index contributed by atoms with van der Waals surface area (Å²) in [6, 6.07) is 12.1. The summed E-state index contributed by atoms with van der Waals surface area (Å²) in [6.45, 7) is 4.72. The van der Waals surface area contributed by atoms with Crippen molar-refractivity contribution >= 4 is 35.1 Å². The third-order valence-electron chi connectivity index (χ3n) is 8.10. The lowest BCUT2D eigenvalue weighted by Gasteiger charge is -2.36. The van der Waals surface area contributed by atoms with Gasteiger partial charge in [-0.2, -0.15) is 0 Å². The molecule has 1 N–H and O–H groups in total. The van der Waals surface area contributed by atoms with E-state index in [4.69, 9.17) is 4.74 Å². The summed E-state index contributed by atoms with van der Waals surface area (Å²) < 4.78 is 5.03. The zero-order valence-corrected chi connectivity index (χ0v) is 19.7. The van der Waals surface area contributed by atoms with Crippen LogP contribution in [-0.2, 0) is 31.1 Å². The minimum atomic E-state index is -1.18. The summed E-state index contributed by atoms with van der Waals surface area (Å²) in [4.78, 5) is 56.9. The summed E-state index contributed by atoms with van der Waals surface area (Å²) >= 11 is 0. The van der Waals surface area contributed by atoms with E-state index in [-0.39, 0.29) is 30.4 Å². The lowest BCUT2D eigenvalue weighted by Crippen LogP contribution is -2.54. The van der Waals surface area contributed by atoms with E-state index < -0.39 is 23.3 Å². The molecule has 4 atom stereocenters. The molecule has 6 rings (SSSR count). The number of ether oxygens (including phenoxy) is 1. The van der Waals surface area contributed by atoms with Gasteiger partial charge in [-0.15, -0.1) is 0 Å². The van der Waals surface area contributed by atoms with Crippen molar-refractivity contribution < 1.29 is 23.9 Å². The van der Waals surface area contributed by atoms with Gasteiger partial charge in [0.05, 0.1) is 29.7 Å². The van der Waals surface area contributed by atoms with E-state index in [0.717, 1.165) is 36.1 Å². The van der Waals surface area contributed by atoms with Gasteiger partial charge in [0.15, 0.2) is 0 Å². The molecule has 0 saturated carbocycles. The van der Waals surface area contributed by atoms with E-state index in [0.29, 0.717) is 17.8 Å². The van der Waals surface area contributed by atoms with Crippen molar-refractivity contribution in [3.05, 3.63) is 59.2 Å². The quantitative estimate of drug-likeness (QED) is 0.542. The molecular weight excluding hydrogens is 446 g/mol. The maximum atomic E-state index is 14.0. The maximum absolute atomic E-state index is 14.0. The second kappa shape index (κ2) is 7.75. The van der Waals surface area contributed by atoms with Crippen molar-refractivity contribution in [3.63, 3.8) is 0 Å². The molecule has 8 nitrogen and oxygen atoms in total. The van der Waals surface area contributed by atoms with Crippen LogP contribution in [0.15, 0.2) is 42.5 Å². The van der Waals surface area contributed by atoms with Crippen LogP contribution in [0.2, 0.25) is 0 Å². The molecule has 3 amide bonds. The fourth-order valence-corrected chi connectivity index (χ4v) is 6.69. The SMILES string of the molecule is CCOC(=O)c1ccc(N2C(=O)[C@H]3[C@@H](C2=O)[C@]2(C(=O)Nc4ccc(CC)cc42)N2CCC[C@@H]32)cc1. The number of hydrogen-bond donors (Lipinski definition) is 1. The average molecular weight is 474 g/mol. The molecule has 4 heterocycles. The van der Waals surface area contributed by atoms with Crippen molar-refractivity contribution in [2.24, 2.45) is 11.8 Å². The molecule has 0 unspecified atom stereocenters. The van der Waals surface area contributed by atoms with Crippen molar-refractivity contribution in [1.82, 2.24) is 4.90 Å². The third-order valence-corrected chi connectivity index (χ3v) is 8.10. The predicted molar refractivity (Wildman–Crippen MR) is 128 cm³/mol. The van der Waals surface area contributed by atoms with Crippen molar-refractivity contribution in [2.75, 3.05) is 23.4 Å². The van der Waals surface area contributed by atoms with Crippen LogP contribution in [0.4, 0.5) is 11.4 Å². The van der Waals surface area contributed by atoms with Crippen LogP contribution < -0.4 is 10.2 Å². The van der Waals surface area contributed by atoms with Crippen molar-refractivity contribution in [1.29, 1.82) is 0 Å². The van der Waals surface area contributed by atoms with Crippen LogP contribution in [-0.4, -0.2) is 47.8 Å². The number of rotatable bonds is 4. The lowest BCUT2D eigenvalue weighted by molar-refractivity contribution is -0.135. The molecule has 3 saturated heterocycles. The lowest BCUT2D eigenvalue weighted by atomic mass is 9.75. The first kappa shape index (κ1) is 22.0. The van der Waals surface area contributed by atoms with Gasteiger partial charge in [0.25, 0.3) is 0 Å². The molecule has 4 aliphatic heterocycles. The Morgan fingerprint density at radius 2 is 1.86 bits per heavy atom. The Morgan fingerprint density at radius 3 is 2.57 bits per heavy atom. The average Bonchev–Trinajstić information content (AvgIpc) is 3.57. The fraction of sp³-hybridized carbons (Fsp3) is 0.407. The molecule has 2 aromatic carbocycles. The summed E-state index contributed by atoms with van der Waals surface area (Å²) in [5.74, 6) is -2.69. The highest BCUT2D eigenvalue weighted by atomic mass is 16.5. The Morgan fingerprint density at radius 1 is 1.09 bits per heavy atom. The normalized spacial score (nSPS) is 28.9. The molecule has 0 aliphatic carbocycles. The highest BCUT2D eigenvalue weighted by Gasteiger charge is 2.74. The number of amides is 3. The van der Waals surface area contributed by atoms with Gasteiger partial charge in [0.1, 0.15) is 5.54 Å². The van der Waals surface area contributed by atoms with Crippen LogP contribution in [0, 0.1) is 11.8 Å². The van der Waals surface area contributed by atoms with Crippen LogP contribution >= 0.6 is 0 Å². The molecule has 4 aliphatic rings. The van der Waals surface area contributed by atoms with Gasteiger partial charge in [-0.05, 0) is 68.6 Å². The zero-order chi connectivity index (χ0) is 24.5. The Kier molecular flexibility index (Phi) is 4.86. The molecule has 0 radical (unpaired) electrons. The first-order chi connectivity index (χ1) is 16.9. The largest absolute Gasteiger partial charge is 0.462 e. The number of benzene rings is 2. The number of aryl methyl sites for hydroxylation is 1. The van der Waals surface area contributed by atoms with Gasteiger partial charge in [-0.3, -0.25) is 19.3 Å². The fourth-order valence-electron chi connectivity index (χ4n) is 6.69. The van der Waals surface area contributed by atoms with E-state index in [1.54, 1.807) is 31.2 Å².